The molecule has 1 rings (SSSR count). The lowest BCUT2D eigenvalue weighted by Crippen LogP contribution is -2.28. The summed E-state index contributed by atoms with van der Waals surface area (Å²) in [6.45, 7) is 1.61. The zero-order valence-corrected chi connectivity index (χ0v) is 8.45. The molecule has 1 aromatic rings. The van der Waals surface area contributed by atoms with E-state index in [4.69, 9.17) is 0 Å². The molecule has 0 radical (unpaired) electrons. The van der Waals surface area contributed by atoms with Crippen molar-refractivity contribution in [1.29, 1.82) is 0 Å². The van der Waals surface area contributed by atoms with Gasteiger partial charge in [-0.25, -0.2) is 13.4 Å². The van der Waals surface area contributed by atoms with Gasteiger partial charge in [0.25, 0.3) is 0 Å². The molecule has 0 fully saturated rings. The molecule has 1 heterocycles. The Kier molecular flexibility index (Phi) is 2.87. The van der Waals surface area contributed by atoms with Gasteiger partial charge in [0.1, 0.15) is 5.82 Å². The molecule has 0 atom stereocenters. The van der Waals surface area contributed by atoms with E-state index in [9.17, 15) is 8.42 Å². The van der Waals surface area contributed by atoms with Gasteiger partial charge in [-0.3, -0.25) is 4.31 Å². The van der Waals surface area contributed by atoms with E-state index in [-0.39, 0.29) is 5.75 Å². The fourth-order valence-electron chi connectivity index (χ4n) is 0.876. The summed E-state index contributed by atoms with van der Waals surface area (Å²) >= 11 is 0. The Hall–Kier alpha value is -1.10. The lowest BCUT2D eigenvalue weighted by atomic mass is 10.5. The van der Waals surface area contributed by atoms with Gasteiger partial charge in [0, 0.05) is 13.2 Å². The first kappa shape index (κ1) is 9.98. The van der Waals surface area contributed by atoms with E-state index in [1.807, 2.05) is 0 Å². The molecule has 0 aliphatic heterocycles. The molecule has 1 aromatic heterocycles. The number of sulfonamides is 1. The van der Waals surface area contributed by atoms with E-state index in [0.717, 1.165) is 0 Å². The second-order valence-corrected chi connectivity index (χ2v) is 4.84. The summed E-state index contributed by atoms with van der Waals surface area (Å²) in [6, 6.07) is 5.16. The molecule has 0 aliphatic carbocycles. The molecule has 13 heavy (non-hydrogen) atoms. The number of hydrogen-bond donors (Lipinski definition) is 0. The van der Waals surface area contributed by atoms with Gasteiger partial charge in [0.15, 0.2) is 0 Å². The van der Waals surface area contributed by atoms with E-state index in [2.05, 4.69) is 4.98 Å². The number of aromatic nitrogens is 1. The van der Waals surface area contributed by atoms with Crippen LogP contribution in [0, 0.1) is 0 Å². The third kappa shape index (κ3) is 2.18. The molecular weight excluding hydrogens is 188 g/mol. The molecule has 0 aromatic carbocycles. The predicted molar refractivity (Wildman–Crippen MR) is 52.1 cm³/mol. The van der Waals surface area contributed by atoms with Crippen LogP contribution in [0.2, 0.25) is 0 Å². The predicted octanol–water partition coefficient (Wildman–Crippen LogP) is 0.868. The highest BCUT2D eigenvalue weighted by Crippen LogP contribution is 2.11. The first-order chi connectivity index (χ1) is 6.08. The maximum atomic E-state index is 11.4. The molecule has 0 aliphatic rings. The van der Waals surface area contributed by atoms with Gasteiger partial charge in [0.05, 0.1) is 5.75 Å². The molecule has 4 nitrogen and oxygen atoms in total. The van der Waals surface area contributed by atoms with E-state index >= 15 is 0 Å². The van der Waals surface area contributed by atoms with Gasteiger partial charge in [-0.05, 0) is 19.1 Å². The molecule has 5 heteroatoms. The topological polar surface area (TPSA) is 50.3 Å². The monoisotopic (exact) mass is 200 g/mol. The van der Waals surface area contributed by atoms with Crippen LogP contribution in [-0.4, -0.2) is 26.2 Å². The Morgan fingerprint density at radius 2 is 2.15 bits per heavy atom. The zero-order valence-electron chi connectivity index (χ0n) is 7.64. The van der Waals surface area contributed by atoms with Crippen LogP contribution in [0.4, 0.5) is 5.82 Å². The highest BCUT2D eigenvalue weighted by atomic mass is 32.2. The molecular formula is C8H12N2O2S. The smallest absolute Gasteiger partial charge is 0.235 e. The fraction of sp³-hybridized carbons (Fsp3) is 0.375. The van der Waals surface area contributed by atoms with Gasteiger partial charge < -0.3 is 0 Å². The highest BCUT2D eigenvalue weighted by Gasteiger charge is 2.15. The van der Waals surface area contributed by atoms with Crippen molar-refractivity contribution in [3.63, 3.8) is 0 Å². The minimum atomic E-state index is -3.18. The second kappa shape index (κ2) is 3.74. The van der Waals surface area contributed by atoms with Crippen LogP contribution in [-0.2, 0) is 10.0 Å². The first-order valence-corrected chi connectivity index (χ1v) is 5.56. The Morgan fingerprint density at radius 3 is 2.62 bits per heavy atom. The number of rotatable bonds is 3. The fourth-order valence-corrected chi connectivity index (χ4v) is 1.66. The first-order valence-electron chi connectivity index (χ1n) is 3.95. The minimum absolute atomic E-state index is 0.0834. The van der Waals surface area contributed by atoms with Crippen molar-refractivity contribution in [1.82, 2.24) is 4.98 Å². The maximum absolute atomic E-state index is 11.4. The van der Waals surface area contributed by atoms with E-state index in [1.54, 1.807) is 31.3 Å². The second-order valence-electron chi connectivity index (χ2n) is 2.56. The molecule has 0 N–H and O–H groups in total. The standard InChI is InChI=1S/C8H12N2O2S/c1-3-13(11,12)10(2)8-6-4-5-7-9-8/h4-7H,3H2,1-2H3. The van der Waals surface area contributed by atoms with Crippen molar-refractivity contribution in [2.24, 2.45) is 0 Å². The summed E-state index contributed by atoms with van der Waals surface area (Å²) in [5.74, 6) is 0.532. The van der Waals surface area contributed by atoms with Crippen molar-refractivity contribution in [2.75, 3.05) is 17.1 Å². The summed E-state index contributed by atoms with van der Waals surface area (Å²) in [6.07, 6.45) is 1.57. The average Bonchev–Trinajstić information content (AvgIpc) is 2.18. The van der Waals surface area contributed by atoms with Gasteiger partial charge in [0.2, 0.25) is 10.0 Å². The zero-order chi connectivity index (χ0) is 9.90. The van der Waals surface area contributed by atoms with Gasteiger partial charge in [-0.1, -0.05) is 6.07 Å². The number of hydrogen-bond acceptors (Lipinski definition) is 3. The van der Waals surface area contributed by atoms with Crippen molar-refractivity contribution >= 4 is 15.8 Å². The van der Waals surface area contributed by atoms with Crippen LogP contribution in [0.25, 0.3) is 0 Å². The van der Waals surface area contributed by atoms with Crippen molar-refractivity contribution < 1.29 is 8.42 Å². The Morgan fingerprint density at radius 1 is 1.46 bits per heavy atom. The molecule has 0 amide bonds. The molecule has 0 saturated carbocycles. The summed E-state index contributed by atoms with van der Waals surface area (Å²) in [4.78, 5) is 3.94. The summed E-state index contributed by atoms with van der Waals surface area (Å²) in [5.41, 5.74) is 0. The van der Waals surface area contributed by atoms with Gasteiger partial charge in [-0.15, -0.1) is 0 Å². The Balaban J connectivity index is 2.99. The van der Waals surface area contributed by atoms with Crippen LogP contribution >= 0.6 is 0 Å². The van der Waals surface area contributed by atoms with Crippen LogP contribution in [0.3, 0.4) is 0 Å². The normalized spacial score (nSPS) is 11.2. The third-order valence-electron chi connectivity index (χ3n) is 1.75. The summed E-state index contributed by atoms with van der Waals surface area (Å²) in [5, 5.41) is 0. The van der Waals surface area contributed by atoms with E-state index in [0.29, 0.717) is 5.82 Å². The van der Waals surface area contributed by atoms with Crippen LogP contribution in [0.5, 0.6) is 0 Å². The molecule has 0 spiro atoms. The van der Waals surface area contributed by atoms with Gasteiger partial charge >= 0.3 is 0 Å². The summed E-state index contributed by atoms with van der Waals surface area (Å²) in [7, 11) is -1.68. The Bertz CT molecular complexity index is 361. The lowest BCUT2D eigenvalue weighted by molar-refractivity contribution is 0.595. The van der Waals surface area contributed by atoms with Gasteiger partial charge in [-0.2, -0.15) is 0 Å². The van der Waals surface area contributed by atoms with Crippen molar-refractivity contribution in [3.8, 4) is 0 Å². The minimum Gasteiger partial charge on any atom is -0.257 e. The average molecular weight is 200 g/mol. The van der Waals surface area contributed by atoms with Crippen LogP contribution in [0.15, 0.2) is 24.4 Å². The van der Waals surface area contributed by atoms with Crippen molar-refractivity contribution in [3.05, 3.63) is 24.4 Å². The third-order valence-corrected chi connectivity index (χ3v) is 3.51. The molecule has 0 saturated heterocycles. The summed E-state index contributed by atoms with van der Waals surface area (Å²) < 4.78 is 24.0. The van der Waals surface area contributed by atoms with Crippen LogP contribution < -0.4 is 4.31 Å². The quantitative estimate of drug-likeness (QED) is 0.727. The van der Waals surface area contributed by atoms with E-state index < -0.39 is 10.0 Å². The number of pyridine rings is 1. The molecule has 72 valence electrons. The Labute approximate surface area is 78.3 Å². The van der Waals surface area contributed by atoms with Crippen molar-refractivity contribution in [2.45, 2.75) is 6.92 Å². The largest absolute Gasteiger partial charge is 0.257 e. The van der Waals surface area contributed by atoms with E-state index in [1.165, 1.54) is 11.4 Å². The maximum Gasteiger partial charge on any atom is 0.235 e. The molecule has 0 unspecified atom stereocenters. The number of nitrogens with zero attached hydrogens (tertiary/aromatic N) is 2. The molecule has 0 bridgehead atoms. The SMILES string of the molecule is CCS(=O)(=O)N(C)c1ccccn1. The number of anilines is 1. The lowest BCUT2D eigenvalue weighted by Gasteiger charge is -2.16. The highest BCUT2D eigenvalue weighted by molar-refractivity contribution is 7.92. The van der Waals surface area contributed by atoms with Crippen LogP contribution in [0.1, 0.15) is 6.92 Å².